The summed E-state index contributed by atoms with van der Waals surface area (Å²) in [7, 11) is 1.63. The lowest BCUT2D eigenvalue weighted by Gasteiger charge is -2.23. The molecule has 2 aromatic carbocycles. The fourth-order valence-electron chi connectivity index (χ4n) is 2.39. The van der Waals surface area contributed by atoms with Gasteiger partial charge in [0.15, 0.2) is 0 Å². The van der Waals surface area contributed by atoms with E-state index in [0.29, 0.717) is 17.1 Å². The van der Waals surface area contributed by atoms with Gasteiger partial charge in [0, 0.05) is 34.6 Å². The molecule has 0 amide bonds. The van der Waals surface area contributed by atoms with Crippen LogP contribution in [0.1, 0.15) is 31.9 Å². The van der Waals surface area contributed by atoms with Crippen LogP contribution < -0.4 is 4.74 Å². The van der Waals surface area contributed by atoms with Gasteiger partial charge in [-0.1, -0.05) is 32.4 Å². The Labute approximate surface area is 156 Å². The number of nitro benzene ring substituents is 1. The van der Waals surface area contributed by atoms with Gasteiger partial charge in [0.05, 0.1) is 17.1 Å². The van der Waals surface area contributed by atoms with Crippen LogP contribution in [-0.4, -0.2) is 12.0 Å². The number of benzene rings is 2. The monoisotopic (exact) mass is 381 g/mol. The van der Waals surface area contributed by atoms with Crippen molar-refractivity contribution in [3.8, 4) is 11.5 Å². The normalized spacial score (nSPS) is 11.4. The maximum atomic E-state index is 10.9. The lowest BCUT2D eigenvalue weighted by atomic mass is 9.87. The number of hydrogen-bond acceptors (Lipinski definition) is 5. The van der Waals surface area contributed by atoms with Gasteiger partial charge in [0.25, 0.3) is 5.69 Å². The molecule has 0 bridgehead atoms. The quantitative estimate of drug-likeness (QED) is 0.345. The Bertz CT molecular complexity index is 779. The fraction of sp³-hybridized carbons (Fsp3) is 0.333. The number of nitrogens with zero attached hydrogens (tertiary/aromatic N) is 1. The Kier molecular flexibility index (Phi) is 5.98. The Hall–Kier alpha value is -1.76. The van der Waals surface area contributed by atoms with E-state index in [9.17, 15) is 10.1 Å². The predicted molar refractivity (Wildman–Crippen MR) is 101 cm³/mol. The van der Waals surface area contributed by atoms with Crippen LogP contribution in [0.2, 0.25) is 5.02 Å². The van der Waals surface area contributed by atoms with Crippen molar-refractivity contribution in [3.63, 3.8) is 0 Å². The summed E-state index contributed by atoms with van der Waals surface area (Å²) in [5.74, 6) is 1.03. The van der Waals surface area contributed by atoms with Gasteiger partial charge in [-0.15, -0.1) is 0 Å². The van der Waals surface area contributed by atoms with E-state index < -0.39 is 4.92 Å². The van der Waals surface area contributed by atoms with Gasteiger partial charge < -0.3 is 8.92 Å². The highest BCUT2D eigenvalue weighted by Gasteiger charge is 2.21. The molecule has 0 aliphatic carbocycles. The van der Waals surface area contributed by atoms with Crippen molar-refractivity contribution in [3.05, 3.63) is 56.6 Å². The van der Waals surface area contributed by atoms with E-state index in [1.165, 1.54) is 24.2 Å². The molecule has 0 fully saturated rings. The van der Waals surface area contributed by atoms with Gasteiger partial charge in [-0.25, -0.2) is 0 Å². The Morgan fingerprint density at radius 2 is 1.88 bits per heavy atom. The largest absolute Gasteiger partial charge is 0.456 e. The molecular formula is C18H20ClNO4S. The van der Waals surface area contributed by atoms with Crippen LogP contribution in [0.3, 0.4) is 0 Å². The fourth-order valence-corrected chi connectivity index (χ4v) is 3.44. The third-order valence-electron chi connectivity index (χ3n) is 3.58. The van der Waals surface area contributed by atoms with Crippen LogP contribution in [0.5, 0.6) is 11.5 Å². The van der Waals surface area contributed by atoms with Gasteiger partial charge in [-0.3, -0.25) is 10.1 Å². The van der Waals surface area contributed by atoms with E-state index >= 15 is 0 Å². The lowest BCUT2D eigenvalue weighted by Crippen LogP contribution is -2.12. The standard InChI is InChI=1S/C18H20ClNO4S/c1-11-8-12(20(21)22)9-15(19)17(11)24-13-6-7-16(25-23-5)14(10-13)18(2,3)4/h6-10H,1-5H3. The number of hydrogen-bond donors (Lipinski definition) is 0. The van der Waals surface area contributed by atoms with Gasteiger partial charge in [0.2, 0.25) is 0 Å². The average Bonchev–Trinajstić information content (AvgIpc) is 2.51. The molecule has 0 aromatic heterocycles. The first kappa shape index (κ1) is 19.6. The van der Waals surface area contributed by atoms with Crippen molar-refractivity contribution < 1.29 is 13.8 Å². The SMILES string of the molecule is COSc1ccc(Oc2c(C)cc([N+](=O)[O-])cc2Cl)cc1C(C)(C)C. The molecule has 5 nitrogen and oxygen atoms in total. The Balaban J connectivity index is 2.43. The molecular weight excluding hydrogens is 362 g/mol. The van der Waals surface area contributed by atoms with Gasteiger partial charge >= 0.3 is 0 Å². The topological polar surface area (TPSA) is 61.6 Å². The highest BCUT2D eigenvalue weighted by molar-refractivity contribution is 7.94. The van der Waals surface area contributed by atoms with Gasteiger partial charge in [-0.2, -0.15) is 0 Å². The van der Waals surface area contributed by atoms with Crippen molar-refractivity contribution in [1.82, 2.24) is 0 Å². The first-order valence-electron chi connectivity index (χ1n) is 7.61. The minimum atomic E-state index is -0.475. The molecule has 0 radical (unpaired) electrons. The third kappa shape index (κ3) is 4.66. The van der Waals surface area contributed by atoms with Crippen LogP contribution in [0, 0.1) is 17.0 Å². The minimum Gasteiger partial charge on any atom is -0.456 e. The molecule has 0 N–H and O–H groups in total. The summed E-state index contributed by atoms with van der Waals surface area (Å²) in [4.78, 5) is 11.5. The number of aryl methyl sites for hydroxylation is 1. The van der Waals surface area contributed by atoms with Crippen molar-refractivity contribution >= 4 is 29.3 Å². The first-order valence-corrected chi connectivity index (χ1v) is 8.73. The summed E-state index contributed by atoms with van der Waals surface area (Å²) >= 11 is 7.48. The minimum absolute atomic E-state index is 0.0583. The number of ether oxygens (including phenoxy) is 1. The Morgan fingerprint density at radius 3 is 2.40 bits per heavy atom. The molecule has 0 aliphatic heterocycles. The summed E-state index contributed by atoms with van der Waals surface area (Å²) in [6.07, 6.45) is 0. The number of halogens is 1. The Morgan fingerprint density at radius 1 is 1.20 bits per heavy atom. The summed E-state index contributed by atoms with van der Waals surface area (Å²) in [6.45, 7) is 8.05. The lowest BCUT2D eigenvalue weighted by molar-refractivity contribution is -0.384. The van der Waals surface area contributed by atoms with E-state index in [1.807, 2.05) is 18.2 Å². The molecule has 2 aromatic rings. The zero-order valence-corrected chi connectivity index (χ0v) is 16.3. The van der Waals surface area contributed by atoms with E-state index in [0.717, 1.165) is 10.5 Å². The molecule has 2 rings (SSSR count). The van der Waals surface area contributed by atoms with Crippen molar-refractivity contribution in [1.29, 1.82) is 0 Å². The smallest absolute Gasteiger partial charge is 0.271 e. The van der Waals surface area contributed by atoms with E-state index in [2.05, 4.69) is 20.8 Å². The predicted octanol–water partition coefficient (Wildman–Crippen LogP) is 6.30. The van der Waals surface area contributed by atoms with Crippen molar-refractivity contribution in [2.24, 2.45) is 0 Å². The zero-order valence-electron chi connectivity index (χ0n) is 14.8. The van der Waals surface area contributed by atoms with Gasteiger partial charge in [0.1, 0.15) is 11.5 Å². The summed E-state index contributed by atoms with van der Waals surface area (Å²) in [5, 5.41) is 11.1. The second-order valence-corrected chi connectivity index (χ2v) is 7.94. The third-order valence-corrected chi connectivity index (χ3v) is 4.56. The molecule has 0 saturated heterocycles. The molecule has 0 atom stereocenters. The summed E-state index contributed by atoms with van der Waals surface area (Å²) < 4.78 is 11.1. The van der Waals surface area contributed by atoms with Crippen molar-refractivity contribution in [2.75, 3.05) is 7.11 Å². The van der Waals surface area contributed by atoms with Crippen LogP contribution in [0.4, 0.5) is 5.69 Å². The summed E-state index contributed by atoms with van der Waals surface area (Å²) in [5.41, 5.74) is 1.52. The molecule has 0 spiro atoms. The van der Waals surface area contributed by atoms with Crippen LogP contribution >= 0.6 is 23.6 Å². The van der Waals surface area contributed by atoms with E-state index in [-0.39, 0.29) is 16.1 Å². The van der Waals surface area contributed by atoms with Crippen LogP contribution in [0.25, 0.3) is 0 Å². The zero-order chi connectivity index (χ0) is 18.8. The number of rotatable bonds is 5. The number of nitro groups is 1. The van der Waals surface area contributed by atoms with E-state index in [4.69, 9.17) is 20.5 Å². The average molecular weight is 382 g/mol. The molecule has 0 heterocycles. The molecule has 0 aliphatic rings. The maximum absolute atomic E-state index is 10.9. The highest BCUT2D eigenvalue weighted by atomic mass is 35.5. The maximum Gasteiger partial charge on any atom is 0.271 e. The van der Waals surface area contributed by atoms with Crippen molar-refractivity contribution in [2.45, 2.75) is 38.0 Å². The molecule has 134 valence electrons. The highest BCUT2D eigenvalue weighted by Crippen LogP contribution is 2.39. The summed E-state index contributed by atoms with van der Waals surface area (Å²) in [6, 6.07) is 8.44. The first-order chi connectivity index (χ1) is 11.6. The molecule has 7 heteroatoms. The molecule has 0 saturated carbocycles. The van der Waals surface area contributed by atoms with Gasteiger partial charge in [-0.05, 0) is 36.1 Å². The van der Waals surface area contributed by atoms with Crippen LogP contribution in [0.15, 0.2) is 35.2 Å². The molecule has 25 heavy (non-hydrogen) atoms. The number of non-ortho nitro benzene ring substituents is 1. The van der Waals surface area contributed by atoms with E-state index in [1.54, 1.807) is 14.0 Å². The second kappa shape index (κ2) is 7.64. The second-order valence-electron chi connectivity index (χ2n) is 6.59. The molecule has 0 unspecified atom stereocenters. The van der Waals surface area contributed by atoms with Crippen LogP contribution in [-0.2, 0) is 9.60 Å².